The fourth-order valence-corrected chi connectivity index (χ4v) is 2.15. The van der Waals surface area contributed by atoms with Gasteiger partial charge < -0.3 is 10.2 Å². The number of carbonyl (C=O) groups excluding carboxylic acids is 2. The van der Waals surface area contributed by atoms with Crippen LogP contribution in [0.1, 0.15) is 26.3 Å². The van der Waals surface area contributed by atoms with Gasteiger partial charge in [0, 0.05) is 24.7 Å². The molecule has 4 heteroatoms. The second-order valence-corrected chi connectivity index (χ2v) is 5.27. The van der Waals surface area contributed by atoms with Crippen molar-refractivity contribution in [2.75, 3.05) is 13.6 Å². The number of rotatable bonds is 7. The van der Waals surface area contributed by atoms with E-state index < -0.39 is 0 Å². The maximum absolute atomic E-state index is 12.2. The summed E-state index contributed by atoms with van der Waals surface area (Å²) in [5, 5.41) is 2.67. The van der Waals surface area contributed by atoms with E-state index in [0.29, 0.717) is 17.7 Å². The van der Waals surface area contributed by atoms with Crippen molar-refractivity contribution in [2.24, 2.45) is 0 Å². The summed E-state index contributed by atoms with van der Waals surface area (Å²) in [4.78, 5) is 26.1. The Morgan fingerprint density at radius 3 is 2.48 bits per heavy atom. The zero-order valence-corrected chi connectivity index (χ0v) is 13.2. The highest BCUT2D eigenvalue weighted by atomic mass is 16.2. The molecule has 23 heavy (non-hydrogen) atoms. The van der Waals surface area contributed by atoms with E-state index in [4.69, 9.17) is 0 Å². The van der Waals surface area contributed by atoms with Crippen LogP contribution in [0.3, 0.4) is 0 Å². The third kappa shape index (κ3) is 4.81. The third-order valence-electron chi connectivity index (χ3n) is 3.44. The highest BCUT2D eigenvalue weighted by molar-refractivity contribution is 6.02. The van der Waals surface area contributed by atoms with Crippen molar-refractivity contribution in [1.29, 1.82) is 0 Å². The van der Waals surface area contributed by atoms with E-state index in [0.717, 1.165) is 5.56 Å². The highest BCUT2D eigenvalue weighted by Gasteiger charge is 2.10. The summed E-state index contributed by atoms with van der Waals surface area (Å²) in [6, 6.07) is 16.3. The Morgan fingerprint density at radius 1 is 1.09 bits per heavy atom. The van der Waals surface area contributed by atoms with Crippen LogP contribution >= 0.6 is 0 Å². The van der Waals surface area contributed by atoms with Gasteiger partial charge in [0.05, 0.1) is 6.54 Å². The van der Waals surface area contributed by atoms with Gasteiger partial charge in [0.25, 0.3) is 5.91 Å². The molecule has 0 unspecified atom stereocenters. The zero-order chi connectivity index (χ0) is 16.7. The number of Topliss-reactive ketones (excluding diaryl/α,β-unsaturated/α-hetero) is 1. The smallest absolute Gasteiger partial charge is 0.251 e. The molecule has 0 aliphatic heterocycles. The van der Waals surface area contributed by atoms with Gasteiger partial charge in [-0.15, -0.1) is 0 Å². The molecule has 2 rings (SSSR count). The molecule has 0 bridgehead atoms. The first-order valence-electron chi connectivity index (χ1n) is 7.38. The molecule has 0 spiro atoms. The molecule has 2 aromatic carbocycles. The van der Waals surface area contributed by atoms with Crippen LogP contribution in [-0.4, -0.2) is 30.2 Å². The highest BCUT2D eigenvalue weighted by Crippen LogP contribution is 2.08. The maximum atomic E-state index is 12.2. The molecule has 0 aromatic heterocycles. The molecule has 1 N–H and O–H groups in total. The third-order valence-corrected chi connectivity index (χ3v) is 3.44. The molecule has 0 saturated carbocycles. The predicted octanol–water partition coefficient (Wildman–Crippen LogP) is 2.87. The minimum atomic E-state index is -0.252. The number of ketones is 1. The van der Waals surface area contributed by atoms with Gasteiger partial charge in [-0.1, -0.05) is 49.0 Å². The van der Waals surface area contributed by atoms with Gasteiger partial charge in [-0.3, -0.25) is 9.59 Å². The summed E-state index contributed by atoms with van der Waals surface area (Å²) in [6.45, 7) is 4.36. The monoisotopic (exact) mass is 308 g/mol. The van der Waals surface area contributed by atoms with Crippen LogP contribution in [0.2, 0.25) is 0 Å². The molecule has 2 aromatic rings. The second-order valence-electron chi connectivity index (χ2n) is 5.27. The summed E-state index contributed by atoms with van der Waals surface area (Å²) in [5.74, 6) is -0.362. The van der Waals surface area contributed by atoms with Gasteiger partial charge in [0.15, 0.2) is 5.78 Å². The van der Waals surface area contributed by atoms with Crippen LogP contribution in [0.5, 0.6) is 0 Å². The number of benzene rings is 2. The standard InChI is InChI=1S/C19H20N2O2/c1-3-21(2)14-15-8-7-11-17(12-15)19(23)20-13-18(22)16-9-5-4-6-10-16/h3-12H,1,13-14H2,2H3,(H,20,23). The van der Waals surface area contributed by atoms with E-state index in [1.807, 2.05) is 36.2 Å². The van der Waals surface area contributed by atoms with Gasteiger partial charge >= 0.3 is 0 Å². The van der Waals surface area contributed by atoms with Crippen LogP contribution in [0.25, 0.3) is 0 Å². The first kappa shape index (κ1) is 16.5. The average molecular weight is 308 g/mol. The molecule has 0 heterocycles. The van der Waals surface area contributed by atoms with Gasteiger partial charge in [-0.25, -0.2) is 0 Å². The van der Waals surface area contributed by atoms with E-state index in [1.54, 1.807) is 36.5 Å². The van der Waals surface area contributed by atoms with E-state index >= 15 is 0 Å². The number of hydrogen-bond acceptors (Lipinski definition) is 3. The molecular formula is C19H20N2O2. The van der Waals surface area contributed by atoms with Crippen molar-refractivity contribution in [1.82, 2.24) is 10.2 Å². The summed E-state index contributed by atoms with van der Waals surface area (Å²) < 4.78 is 0. The minimum Gasteiger partial charge on any atom is -0.377 e. The quantitative estimate of drug-likeness (QED) is 0.800. The topological polar surface area (TPSA) is 49.4 Å². The lowest BCUT2D eigenvalue weighted by atomic mass is 10.1. The van der Waals surface area contributed by atoms with Crippen molar-refractivity contribution < 1.29 is 9.59 Å². The molecule has 0 radical (unpaired) electrons. The van der Waals surface area contributed by atoms with Crippen molar-refractivity contribution in [3.63, 3.8) is 0 Å². The lowest BCUT2D eigenvalue weighted by Crippen LogP contribution is -2.29. The molecule has 0 aliphatic carbocycles. The van der Waals surface area contributed by atoms with Crippen molar-refractivity contribution >= 4 is 11.7 Å². The maximum Gasteiger partial charge on any atom is 0.251 e. The van der Waals surface area contributed by atoms with Gasteiger partial charge in [-0.2, -0.15) is 0 Å². The summed E-state index contributed by atoms with van der Waals surface area (Å²) in [7, 11) is 1.91. The Labute approximate surface area is 136 Å². The first-order valence-corrected chi connectivity index (χ1v) is 7.38. The van der Waals surface area contributed by atoms with Crippen LogP contribution in [0.4, 0.5) is 0 Å². The Hall–Kier alpha value is -2.88. The van der Waals surface area contributed by atoms with Crippen molar-refractivity contribution in [3.8, 4) is 0 Å². The van der Waals surface area contributed by atoms with E-state index in [2.05, 4.69) is 11.9 Å². The van der Waals surface area contributed by atoms with Crippen LogP contribution in [0, 0.1) is 0 Å². The van der Waals surface area contributed by atoms with Crippen LogP contribution in [0.15, 0.2) is 67.4 Å². The van der Waals surface area contributed by atoms with Gasteiger partial charge in [0.1, 0.15) is 0 Å². The van der Waals surface area contributed by atoms with Crippen molar-refractivity contribution in [2.45, 2.75) is 6.54 Å². The predicted molar refractivity (Wildman–Crippen MR) is 91.2 cm³/mol. The molecule has 118 valence electrons. The molecule has 0 atom stereocenters. The zero-order valence-electron chi connectivity index (χ0n) is 13.2. The molecule has 1 amide bonds. The number of nitrogens with zero attached hydrogens (tertiary/aromatic N) is 1. The molecule has 4 nitrogen and oxygen atoms in total. The largest absolute Gasteiger partial charge is 0.377 e. The summed E-state index contributed by atoms with van der Waals surface area (Å²) in [5.41, 5.74) is 2.14. The van der Waals surface area contributed by atoms with Crippen molar-refractivity contribution in [3.05, 3.63) is 84.1 Å². The normalized spacial score (nSPS) is 9.96. The molecule has 0 aliphatic rings. The van der Waals surface area contributed by atoms with E-state index in [1.165, 1.54) is 0 Å². The first-order chi connectivity index (χ1) is 11.1. The SMILES string of the molecule is C=CN(C)Cc1cccc(C(=O)NCC(=O)c2ccccc2)c1. The molecule has 0 saturated heterocycles. The fourth-order valence-electron chi connectivity index (χ4n) is 2.15. The molecule has 0 fully saturated rings. The fraction of sp³-hybridized carbons (Fsp3) is 0.158. The number of hydrogen-bond donors (Lipinski definition) is 1. The lowest BCUT2D eigenvalue weighted by molar-refractivity contribution is 0.0904. The van der Waals surface area contributed by atoms with E-state index in [-0.39, 0.29) is 18.2 Å². The van der Waals surface area contributed by atoms with Gasteiger partial charge in [0.2, 0.25) is 0 Å². The average Bonchev–Trinajstić information content (AvgIpc) is 2.60. The Balaban J connectivity index is 1.97. The number of carbonyl (C=O) groups is 2. The van der Waals surface area contributed by atoms with Crippen LogP contribution < -0.4 is 5.32 Å². The Morgan fingerprint density at radius 2 is 1.78 bits per heavy atom. The summed E-state index contributed by atoms with van der Waals surface area (Å²) >= 11 is 0. The number of nitrogens with one attached hydrogen (secondary N) is 1. The van der Waals surface area contributed by atoms with Crippen LogP contribution in [-0.2, 0) is 6.54 Å². The Bertz CT molecular complexity index is 696. The molecular weight excluding hydrogens is 288 g/mol. The Kier molecular flexibility index (Phi) is 5.69. The second kappa shape index (κ2) is 7.94. The lowest BCUT2D eigenvalue weighted by Gasteiger charge is -2.13. The summed E-state index contributed by atoms with van der Waals surface area (Å²) in [6.07, 6.45) is 1.73. The van der Waals surface area contributed by atoms with E-state index in [9.17, 15) is 9.59 Å². The van der Waals surface area contributed by atoms with Gasteiger partial charge in [-0.05, 0) is 23.9 Å². The minimum absolute atomic E-state index is 0.0143. The number of amides is 1.